The molecule has 6 heteroatoms. The molecule has 1 saturated heterocycles. The zero-order valence-corrected chi connectivity index (χ0v) is 10.2. The minimum Gasteiger partial charge on any atom is -0.338 e. The molecule has 0 saturated carbocycles. The van der Waals surface area contributed by atoms with Crippen LogP contribution in [0.1, 0.15) is 32.2 Å². The van der Waals surface area contributed by atoms with Gasteiger partial charge in [0.15, 0.2) is 0 Å². The second-order valence-electron chi connectivity index (χ2n) is 4.30. The number of hydrogen-bond donors (Lipinski definition) is 1. The Morgan fingerprint density at radius 2 is 2.00 bits per heavy atom. The highest BCUT2D eigenvalue weighted by atomic mass is 16.2. The average Bonchev–Trinajstić information content (AvgIpc) is 2.90. The molecular weight excluding hydrogens is 218 g/mol. The Hall–Kier alpha value is -1.59. The fourth-order valence-electron chi connectivity index (χ4n) is 2.06. The van der Waals surface area contributed by atoms with E-state index in [9.17, 15) is 4.79 Å². The van der Waals surface area contributed by atoms with Gasteiger partial charge < -0.3 is 10.2 Å². The van der Waals surface area contributed by atoms with Gasteiger partial charge in [0.25, 0.3) is 0 Å². The van der Waals surface area contributed by atoms with Crippen molar-refractivity contribution in [1.82, 2.24) is 25.2 Å². The van der Waals surface area contributed by atoms with E-state index in [0.29, 0.717) is 6.04 Å². The molecule has 2 heterocycles. The average molecular weight is 237 g/mol. The van der Waals surface area contributed by atoms with Gasteiger partial charge in [0.05, 0.1) is 18.4 Å². The van der Waals surface area contributed by atoms with Gasteiger partial charge in [0, 0.05) is 19.6 Å². The van der Waals surface area contributed by atoms with Crippen molar-refractivity contribution in [2.24, 2.45) is 0 Å². The predicted molar refractivity (Wildman–Crippen MR) is 63.6 cm³/mol. The summed E-state index contributed by atoms with van der Waals surface area (Å²) in [6, 6.07) is 0.388. The Labute approximate surface area is 101 Å². The maximum Gasteiger partial charge on any atom is 0.317 e. The van der Waals surface area contributed by atoms with Gasteiger partial charge in [0.2, 0.25) is 0 Å². The van der Waals surface area contributed by atoms with Crippen LogP contribution in [0.5, 0.6) is 0 Å². The molecule has 2 amide bonds. The van der Waals surface area contributed by atoms with E-state index in [-0.39, 0.29) is 6.03 Å². The molecular formula is C11H19N5O. The van der Waals surface area contributed by atoms with Crippen LogP contribution in [0.15, 0.2) is 12.4 Å². The second kappa shape index (κ2) is 5.65. The maximum absolute atomic E-state index is 11.7. The van der Waals surface area contributed by atoms with Gasteiger partial charge in [-0.1, -0.05) is 6.92 Å². The summed E-state index contributed by atoms with van der Waals surface area (Å²) in [7, 11) is 0. The van der Waals surface area contributed by atoms with Crippen molar-refractivity contribution in [2.75, 3.05) is 19.6 Å². The van der Waals surface area contributed by atoms with Gasteiger partial charge in [-0.25, -0.2) is 4.79 Å². The van der Waals surface area contributed by atoms with E-state index in [1.54, 1.807) is 17.2 Å². The van der Waals surface area contributed by atoms with Gasteiger partial charge in [0.1, 0.15) is 0 Å². The van der Waals surface area contributed by atoms with Crippen LogP contribution in [-0.2, 0) is 0 Å². The molecule has 0 aliphatic carbocycles. The topological polar surface area (TPSA) is 63.1 Å². The summed E-state index contributed by atoms with van der Waals surface area (Å²) in [5.41, 5.74) is 0. The van der Waals surface area contributed by atoms with Gasteiger partial charge >= 0.3 is 6.03 Å². The molecule has 0 spiro atoms. The summed E-state index contributed by atoms with van der Waals surface area (Å²) in [5.74, 6) is 0. The minimum absolute atomic E-state index is 0.0544. The maximum atomic E-state index is 11.7. The lowest BCUT2D eigenvalue weighted by Gasteiger charge is -2.31. The predicted octanol–water partition coefficient (Wildman–Crippen LogP) is 1.03. The standard InChI is InChI=1S/C11H19N5O/c1-2-5-12-11(17)15-8-3-10(4-9-15)16-13-6-7-14-16/h6-7,10H,2-5,8-9H2,1H3,(H,12,17). The largest absolute Gasteiger partial charge is 0.338 e. The molecule has 1 aliphatic rings. The van der Waals surface area contributed by atoms with Crippen molar-refractivity contribution in [2.45, 2.75) is 32.2 Å². The highest BCUT2D eigenvalue weighted by Gasteiger charge is 2.24. The molecule has 0 bridgehead atoms. The third kappa shape index (κ3) is 2.95. The fourth-order valence-corrected chi connectivity index (χ4v) is 2.06. The molecule has 2 rings (SSSR count). The SMILES string of the molecule is CCCNC(=O)N1CCC(n2nccn2)CC1. The Morgan fingerprint density at radius 3 is 2.59 bits per heavy atom. The molecule has 0 atom stereocenters. The van der Waals surface area contributed by atoms with Crippen molar-refractivity contribution >= 4 is 6.03 Å². The number of likely N-dealkylation sites (tertiary alicyclic amines) is 1. The van der Waals surface area contributed by atoms with Gasteiger partial charge in [-0.3, -0.25) is 0 Å². The Kier molecular flexibility index (Phi) is 3.95. The van der Waals surface area contributed by atoms with E-state index in [0.717, 1.165) is 38.9 Å². The number of hydrogen-bond acceptors (Lipinski definition) is 3. The molecule has 0 radical (unpaired) electrons. The number of rotatable bonds is 3. The minimum atomic E-state index is 0.0544. The van der Waals surface area contributed by atoms with Crippen LogP contribution in [0.2, 0.25) is 0 Å². The molecule has 6 nitrogen and oxygen atoms in total. The summed E-state index contributed by atoms with van der Waals surface area (Å²) in [5, 5.41) is 11.2. The van der Waals surface area contributed by atoms with E-state index in [2.05, 4.69) is 22.4 Å². The number of amides is 2. The highest BCUT2D eigenvalue weighted by molar-refractivity contribution is 5.74. The first-order chi connectivity index (χ1) is 8.31. The van der Waals surface area contributed by atoms with E-state index in [1.807, 2.05) is 4.90 Å². The molecule has 0 unspecified atom stereocenters. The second-order valence-corrected chi connectivity index (χ2v) is 4.30. The number of aromatic nitrogens is 3. The summed E-state index contributed by atoms with van der Waals surface area (Å²) < 4.78 is 0. The lowest BCUT2D eigenvalue weighted by atomic mass is 10.1. The van der Waals surface area contributed by atoms with E-state index < -0.39 is 0 Å². The van der Waals surface area contributed by atoms with Crippen molar-refractivity contribution in [3.05, 3.63) is 12.4 Å². The van der Waals surface area contributed by atoms with E-state index >= 15 is 0 Å². The number of nitrogens with zero attached hydrogens (tertiary/aromatic N) is 4. The molecule has 1 N–H and O–H groups in total. The van der Waals surface area contributed by atoms with Crippen LogP contribution in [0.25, 0.3) is 0 Å². The fraction of sp³-hybridized carbons (Fsp3) is 0.727. The number of urea groups is 1. The van der Waals surface area contributed by atoms with Crippen LogP contribution >= 0.6 is 0 Å². The summed E-state index contributed by atoms with van der Waals surface area (Å²) in [6.45, 7) is 4.36. The van der Waals surface area contributed by atoms with Crippen molar-refractivity contribution < 1.29 is 4.79 Å². The molecule has 1 aromatic rings. The normalized spacial score (nSPS) is 17.1. The number of piperidine rings is 1. The van der Waals surface area contributed by atoms with E-state index in [1.165, 1.54) is 0 Å². The zero-order chi connectivity index (χ0) is 12.1. The summed E-state index contributed by atoms with van der Waals surface area (Å²) in [6.07, 6.45) is 6.21. The smallest absolute Gasteiger partial charge is 0.317 e. The lowest BCUT2D eigenvalue weighted by molar-refractivity contribution is 0.164. The van der Waals surface area contributed by atoms with Crippen molar-refractivity contribution in [3.8, 4) is 0 Å². The molecule has 1 fully saturated rings. The molecule has 17 heavy (non-hydrogen) atoms. The third-order valence-electron chi connectivity index (χ3n) is 3.04. The first-order valence-electron chi connectivity index (χ1n) is 6.20. The summed E-state index contributed by atoms with van der Waals surface area (Å²) in [4.78, 5) is 15.3. The van der Waals surface area contributed by atoms with Crippen LogP contribution < -0.4 is 5.32 Å². The van der Waals surface area contributed by atoms with Crippen molar-refractivity contribution in [1.29, 1.82) is 0 Å². The monoisotopic (exact) mass is 237 g/mol. The number of carbonyl (C=O) groups excluding carboxylic acids is 1. The number of carbonyl (C=O) groups is 1. The molecule has 1 aromatic heterocycles. The Morgan fingerprint density at radius 1 is 1.35 bits per heavy atom. The van der Waals surface area contributed by atoms with E-state index in [4.69, 9.17) is 0 Å². The third-order valence-corrected chi connectivity index (χ3v) is 3.04. The van der Waals surface area contributed by atoms with Crippen LogP contribution in [-0.4, -0.2) is 45.6 Å². The lowest BCUT2D eigenvalue weighted by Crippen LogP contribution is -2.45. The van der Waals surface area contributed by atoms with Crippen LogP contribution in [0.4, 0.5) is 4.79 Å². The van der Waals surface area contributed by atoms with Gasteiger partial charge in [-0.15, -0.1) is 0 Å². The summed E-state index contributed by atoms with van der Waals surface area (Å²) >= 11 is 0. The Bertz CT molecular complexity index is 343. The molecule has 94 valence electrons. The highest BCUT2D eigenvalue weighted by Crippen LogP contribution is 2.20. The van der Waals surface area contributed by atoms with Gasteiger partial charge in [-0.2, -0.15) is 15.0 Å². The van der Waals surface area contributed by atoms with Crippen LogP contribution in [0.3, 0.4) is 0 Å². The zero-order valence-electron chi connectivity index (χ0n) is 10.2. The molecule has 0 aromatic carbocycles. The first-order valence-corrected chi connectivity index (χ1v) is 6.20. The first kappa shape index (κ1) is 11.9. The Balaban J connectivity index is 1.80. The molecule has 1 aliphatic heterocycles. The quantitative estimate of drug-likeness (QED) is 0.854. The van der Waals surface area contributed by atoms with Gasteiger partial charge in [-0.05, 0) is 19.3 Å². The number of nitrogens with one attached hydrogen (secondary N) is 1. The van der Waals surface area contributed by atoms with Crippen LogP contribution in [0, 0.1) is 0 Å². The van der Waals surface area contributed by atoms with Crippen molar-refractivity contribution in [3.63, 3.8) is 0 Å².